The van der Waals surface area contributed by atoms with Gasteiger partial charge in [-0.3, -0.25) is 0 Å². The fraction of sp³-hybridized carbons (Fsp3) is 0.773. The number of fused-ring (bicyclic) bond motifs is 1. The summed E-state index contributed by atoms with van der Waals surface area (Å²) in [6.07, 6.45) is 3.75. The SMILES string of the molecule is CCCCc1nc2c(N)nc(OCCCN(C)CC(C)(C)C)nc2n1CC(C)(C)O. The third-order valence-electron chi connectivity index (χ3n) is 4.64. The van der Waals surface area contributed by atoms with Crippen molar-refractivity contribution in [3.8, 4) is 6.01 Å². The minimum Gasteiger partial charge on any atom is -0.463 e. The lowest BCUT2D eigenvalue weighted by Crippen LogP contribution is -2.30. The van der Waals surface area contributed by atoms with Crippen LogP contribution in [0, 0.1) is 5.41 Å². The van der Waals surface area contributed by atoms with Gasteiger partial charge in [-0.2, -0.15) is 9.97 Å². The monoisotopic (exact) mass is 420 g/mol. The molecule has 0 aromatic carbocycles. The van der Waals surface area contributed by atoms with Crippen LogP contribution in [0.4, 0.5) is 5.82 Å². The molecule has 0 radical (unpaired) electrons. The highest BCUT2D eigenvalue weighted by Crippen LogP contribution is 2.24. The van der Waals surface area contributed by atoms with Crippen LogP contribution in [-0.4, -0.2) is 61.9 Å². The molecule has 2 aromatic heterocycles. The van der Waals surface area contributed by atoms with Gasteiger partial charge in [-0.25, -0.2) is 4.98 Å². The van der Waals surface area contributed by atoms with Gasteiger partial charge in [0.05, 0.1) is 18.8 Å². The lowest BCUT2D eigenvalue weighted by Gasteiger charge is -2.26. The average Bonchev–Trinajstić information content (AvgIpc) is 2.92. The Bertz CT molecular complexity index is 820. The predicted octanol–water partition coefficient (Wildman–Crippen LogP) is 3.27. The van der Waals surface area contributed by atoms with E-state index in [1.165, 1.54) is 0 Å². The highest BCUT2D eigenvalue weighted by atomic mass is 16.5. The van der Waals surface area contributed by atoms with E-state index in [0.29, 0.717) is 30.1 Å². The smallest absolute Gasteiger partial charge is 0.320 e. The molecule has 0 saturated carbocycles. The largest absolute Gasteiger partial charge is 0.463 e. The number of unbranched alkanes of at least 4 members (excludes halogenated alkanes) is 1. The van der Waals surface area contributed by atoms with E-state index >= 15 is 0 Å². The summed E-state index contributed by atoms with van der Waals surface area (Å²) in [6, 6.07) is 0.261. The van der Waals surface area contributed by atoms with Crippen LogP contribution in [0.3, 0.4) is 0 Å². The molecule has 0 aliphatic rings. The molecule has 0 aliphatic heterocycles. The molecular formula is C22H40N6O2. The lowest BCUT2D eigenvalue weighted by molar-refractivity contribution is 0.0616. The number of imidazole rings is 1. The van der Waals surface area contributed by atoms with Crippen molar-refractivity contribution in [3.05, 3.63) is 5.82 Å². The molecule has 2 rings (SSSR count). The maximum atomic E-state index is 10.4. The summed E-state index contributed by atoms with van der Waals surface area (Å²) in [5.74, 6) is 1.18. The molecule has 170 valence electrons. The number of aliphatic hydroxyl groups is 1. The predicted molar refractivity (Wildman–Crippen MR) is 122 cm³/mol. The zero-order valence-electron chi connectivity index (χ0n) is 19.8. The second-order valence-electron chi connectivity index (χ2n) is 10.1. The Hall–Kier alpha value is -1.93. The lowest BCUT2D eigenvalue weighted by atomic mass is 9.96. The minimum atomic E-state index is -0.896. The summed E-state index contributed by atoms with van der Waals surface area (Å²) in [6.45, 7) is 15.3. The van der Waals surface area contributed by atoms with Crippen molar-refractivity contribution in [2.24, 2.45) is 5.41 Å². The summed E-state index contributed by atoms with van der Waals surface area (Å²) in [7, 11) is 2.12. The van der Waals surface area contributed by atoms with Gasteiger partial charge in [-0.15, -0.1) is 0 Å². The Morgan fingerprint density at radius 1 is 1.10 bits per heavy atom. The summed E-state index contributed by atoms with van der Waals surface area (Å²) in [5.41, 5.74) is 6.74. The van der Waals surface area contributed by atoms with Gasteiger partial charge in [0.25, 0.3) is 0 Å². The van der Waals surface area contributed by atoms with E-state index in [4.69, 9.17) is 10.5 Å². The fourth-order valence-corrected chi connectivity index (χ4v) is 3.58. The van der Waals surface area contributed by atoms with Gasteiger partial charge in [0.1, 0.15) is 5.82 Å². The van der Waals surface area contributed by atoms with E-state index in [-0.39, 0.29) is 11.4 Å². The molecule has 0 bridgehead atoms. The molecule has 3 N–H and O–H groups in total. The highest BCUT2D eigenvalue weighted by molar-refractivity contribution is 5.82. The third kappa shape index (κ3) is 7.40. The zero-order valence-corrected chi connectivity index (χ0v) is 19.8. The van der Waals surface area contributed by atoms with Gasteiger partial charge in [0, 0.05) is 19.5 Å². The molecule has 0 amide bonds. The number of aryl methyl sites for hydroxylation is 1. The molecular weight excluding hydrogens is 380 g/mol. The Kier molecular flexibility index (Phi) is 8.05. The van der Waals surface area contributed by atoms with Crippen LogP contribution < -0.4 is 10.5 Å². The zero-order chi connectivity index (χ0) is 22.5. The first-order valence-electron chi connectivity index (χ1n) is 11.0. The van der Waals surface area contributed by atoms with Crippen molar-refractivity contribution in [2.45, 2.75) is 79.4 Å². The van der Waals surface area contributed by atoms with E-state index in [1.807, 2.05) is 4.57 Å². The highest BCUT2D eigenvalue weighted by Gasteiger charge is 2.22. The number of nitrogen functional groups attached to an aromatic ring is 1. The van der Waals surface area contributed by atoms with Crippen molar-refractivity contribution >= 4 is 17.0 Å². The van der Waals surface area contributed by atoms with Crippen LogP contribution in [0.5, 0.6) is 6.01 Å². The number of rotatable bonds is 11. The van der Waals surface area contributed by atoms with Crippen LogP contribution in [0.2, 0.25) is 0 Å². The van der Waals surface area contributed by atoms with Crippen LogP contribution in [0.15, 0.2) is 0 Å². The number of aromatic nitrogens is 4. The van der Waals surface area contributed by atoms with E-state index in [9.17, 15) is 5.11 Å². The second kappa shape index (κ2) is 9.92. The Labute approximate surface area is 180 Å². The Morgan fingerprint density at radius 2 is 1.80 bits per heavy atom. The van der Waals surface area contributed by atoms with Gasteiger partial charge in [0.15, 0.2) is 17.0 Å². The van der Waals surface area contributed by atoms with Crippen molar-refractivity contribution in [2.75, 3.05) is 32.5 Å². The number of nitrogens with zero attached hydrogens (tertiary/aromatic N) is 5. The normalized spacial score (nSPS) is 12.8. The molecule has 0 saturated heterocycles. The molecule has 0 spiro atoms. The van der Waals surface area contributed by atoms with Gasteiger partial charge in [0.2, 0.25) is 0 Å². The first-order valence-corrected chi connectivity index (χ1v) is 11.0. The van der Waals surface area contributed by atoms with E-state index < -0.39 is 5.60 Å². The summed E-state index contributed by atoms with van der Waals surface area (Å²) in [4.78, 5) is 15.9. The van der Waals surface area contributed by atoms with Gasteiger partial charge in [-0.1, -0.05) is 34.1 Å². The second-order valence-corrected chi connectivity index (χ2v) is 10.1. The molecule has 0 atom stereocenters. The average molecular weight is 421 g/mol. The van der Waals surface area contributed by atoms with Gasteiger partial charge >= 0.3 is 6.01 Å². The molecule has 0 fully saturated rings. The maximum Gasteiger partial charge on any atom is 0.320 e. The standard InChI is InChI=1S/C22H40N6O2/c1-8-9-11-16-24-17-18(23)25-20(26-19(17)28(16)15-22(5,6)29)30-13-10-12-27(7)14-21(2,3)4/h29H,8-15H2,1-7H3,(H2,23,25,26). The van der Waals surface area contributed by atoms with Crippen LogP contribution in [0.25, 0.3) is 11.2 Å². The number of hydrogen-bond acceptors (Lipinski definition) is 7. The first-order chi connectivity index (χ1) is 13.9. The molecule has 30 heavy (non-hydrogen) atoms. The maximum absolute atomic E-state index is 10.4. The topological polar surface area (TPSA) is 102 Å². The van der Waals surface area contributed by atoms with Gasteiger partial charge < -0.3 is 25.0 Å². The van der Waals surface area contributed by atoms with Crippen LogP contribution >= 0.6 is 0 Å². The molecule has 8 nitrogen and oxygen atoms in total. The molecule has 0 unspecified atom stereocenters. The summed E-state index contributed by atoms with van der Waals surface area (Å²) < 4.78 is 7.77. The number of nitrogens with two attached hydrogens (primary N) is 1. The number of anilines is 1. The van der Waals surface area contributed by atoms with Crippen molar-refractivity contribution in [1.82, 2.24) is 24.4 Å². The van der Waals surface area contributed by atoms with E-state index in [2.05, 4.69) is 54.6 Å². The molecule has 2 heterocycles. The fourth-order valence-electron chi connectivity index (χ4n) is 3.58. The van der Waals surface area contributed by atoms with Crippen molar-refractivity contribution in [3.63, 3.8) is 0 Å². The molecule has 8 heteroatoms. The van der Waals surface area contributed by atoms with Crippen molar-refractivity contribution < 1.29 is 9.84 Å². The molecule has 0 aliphatic carbocycles. The van der Waals surface area contributed by atoms with E-state index in [0.717, 1.165) is 44.6 Å². The van der Waals surface area contributed by atoms with Crippen molar-refractivity contribution in [1.29, 1.82) is 0 Å². The van der Waals surface area contributed by atoms with Gasteiger partial charge in [-0.05, 0) is 39.2 Å². The number of ether oxygens (including phenoxy) is 1. The number of hydrogen-bond donors (Lipinski definition) is 2. The van der Waals surface area contributed by atoms with Crippen LogP contribution in [0.1, 0.15) is 66.6 Å². The first kappa shape index (κ1) is 24.3. The molecule has 2 aromatic rings. The van der Waals surface area contributed by atoms with Crippen LogP contribution in [-0.2, 0) is 13.0 Å². The minimum absolute atomic E-state index is 0.261. The summed E-state index contributed by atoms with van der Waals surface area (Å²) in [5, 5.41) is 10.4. The summed E-state index contributed by atoms with van der Waals surface area (Å²) >= 11 is 0. The Balaban J connectivity index is 2.15. The quantitative estimate of drug-likeness (QED) is 0.538. The van der Waals surface area contributed by atoms with E-state index in [1.54, 1.807) is 13.8 Å². The third-order valence-corrected chi connectivity index (χ3v) is 4.64. The Morgan fingerprint density at radius 3 is 2.40 bits per heavy atom.